The fourth-order valence-corrected chi connectivity index (χ4v) is 4.85. The zero-order valence-electron chi connectivity index (χ0n) is 25.1. The molecule has 0 aliphatic carbocycles. The maximum Gasteiger partial charge on any atom is 0.414 e. The molecular formula is C31H65N2O2+. The number of amides is 1. The predicted molar refractivity (Wildman–Crippen MR) is 154 cm³/mol. The number of unbranched alkanes of at least 4 members (excludes halogenated alkanes) is 18. The summed E-state index contributed by atoms with van der Waals surface area (Å²) in [4.78, 5) is 15.0. The minimum absolute atomic E-state index is 0.0783. The number of quaternary nitrogens is 1. The average Bonchev–Trinajstić information content (AvgIpc) is 2.82. The molecule has 4 nitrogen and oxygen atoms in total. The second kappa shape index (κ2) is 23.6. The molecule has 0 saturated carbocycles. The molecule has 0 fully saturated rings. The molecule has 0 rings (SSSR count). The highest BCUT2D eigenvalue weighted by atomic mass is 16.6. The number of hydrogen-bond acceptors (Lipinski definition) is 2. The molecule has 35 heavy (non-hydrogen) atoms. The Morgan fingerprint density at radius 3 is 1.17 bits per heavy atom. The van der Waals surface area contributed by atoms with Gasteiger partial charge in [-0.25, -0.2) is 4.79 Å². The molecule has 1 unspecified atom stereocenters. The van der Waals surface area contributed by atoms with Crippen LogP contribution in [-0.4, -0.2) is 55.9 Å². The van der Waals surface area contributed by atoms with Crippen molar-refractivity contribution < 1.29 is 14.0 Å². The van der Waals surface area contributed by atoms with Crippen molar-refractivity contribution in [2.45, 2.75) is 162 Å². The van der Waals surface area contributed by atoms with Crippen LogP contribution in [0, 0.1) is 0 Å². The van der Waals surface area contributed by atoms with Crippen molar-refractivity contribution in [2.75, 3.05) is 34.2 Å². The summed E-state index contributed by atoms with van der Waals surface area (Å²) in [7, 11) is 6.32. The van der Waals surface area contributed by atoms with Gasteiger partial charge in [0.05, 0.1) is 21.1 Å². The molecule has 0 aliphatic heterocycles. The van der Waals surface area contributed by atoms with E-state index in [0.717, 1.165) is 32.4 Å². The third kappa shape index (κ3) is 21.1. The molecule has 0 radical (unpaired) electrons. The van der Waals surface area contributed by atoms with Gasteiger partial charge in [0.25, 0.3) is 0 Å². The standard InChI is InChI=1S/C31H65N2O2/c1-7-10-12-14-16-18-20-22-24-26-28-32(31(34)35-30(9-3)33(4,5)6)29-27-25-23-21-19-17-15-13-11-8-2/h30H,7-29H2,1-6H3/q+1. The maximum absolute atomic E-state index is 13.0. The quantitative estimate of drug-likeness (QED) is 0.0713. The molecule has 0 heterocycles. The van der Waals surface area contributed by atoms with E-state index in [-0.39, 0.29) is 12.3 Å². The van der Waals surface area contributed by atoms with Crippen molar-refractivity contribution in [3.8, 4) is 0 Å². The van der Waals surface area contributed by atoms with Crippen LogP contribution in [0.2, 0.25) is 0 Å². The normalized spacial score (nSPS) is 12.6. The number of carbonyl (C=O) groups excluding carboxylic acids is 1. The largest absolute Gasteiger partial charge is 0.414 e. The Morgan fingerprint density at radius 1 is 0.571 bits per heavy atom. The minimum atomic E-state index is -0.100. The van der Waals surface area contributed by atoms with Gasteiger partial charge in [-0.3, -0.25) is 4.48 Å². The van der Waals surface area contributed by atoms with Crippen molar-refractivity contribution >= 4 is 6.09 Å². The van der Waals surface area contributed by atoms with Crippen LogP contribution in [0.5, 0.6) is 0 Å². The summed E-state index contributed by atoms with van der Waals surface area (Å²) < 4.78 is 6.63. The molecule has 4 heteroatoms. The van der Waals surface area contributed by atoms with Crippen molar-refractivity contribution in [3.05, 3.63) is 0 Å². The summed E-state index contributed by atoms with van der Waals surface area (Å²) in [5.74, 6) is 0. The summed E-state index contributed by atoms with van der Waals surface area (Å²) >= 11 is 0. The van der Waals surface area contributed by atoms with Gasteiger partial charge in [0.1, 0.15) is 0 Å². The average molecular weight is 498 g/mol. The van der Waals surface area contributed by atoms with Crippen LogP contribution in [-0.2, 0) is 4.74 Å². The molecule has 0 aromatic carbocycles. The fraction of sp³-hybridized carbons (Fsp3) is 0.968. The molecule has 0 bridgehead atoms. The van der Waals surface area contributed by atoms with Gasteiger partial charge in [-0.15, -0.1) is 0 Å². The van der Waals surface area contributed by atoms with Crippen LogP contribution in [0.25, 0.3) is 0 Å². The van der Waals surface area contributed by atoms with Gasteiger partial charge < -0.3 is 9.64 Å². The van der Waals surface area contributed by atoms with E-state index in [1.165, 1.54) is 116 Å². The SMILES string of the molecule is CCCCCCCCCCCCN(CCCCCCCCCCCC)C(=O)OC(CC)[N+](C)(C)C. The molecule has 210 valence electrons. The molecule has 1 amide bonds. The Hall–Kier alpha value is -0.770. The lowest BCUT2D eigenvalue weighted by molar-refractivity contribution is -0.916. The highest BCUT2D eigenvalue weighted by Gasteiger charge is 2.28. The Morgan fingerprint density at radius 2 is 0.886 bits per heavy atom. The third-order valence-electron chi connectivity index (χ3n) is 7.27. The van der Waals surface area contributed by atoms with Gasteiger partial charge in [0, 0.05) is 19.5 Å². The van der Waals surface area contributed by atoms with Crippen LogP contribution < -0.4 is 0 Å². The van der Waals surface area contributed by atoms with E-state index in [1.54, 1.807) is 0 Å². The molecule has 0 spiro atoms. The van der Waals surface area contributed by atoms with Gasteiger partial charge in [0.2, 0.25) is 6.23 Å². The Labute approximate surface area is 221 Å². The van der Waals surface area contributed by atoms with Crippen LogP contribution >= 0.6 is 0 Å². The molecule has 0 aliphatic rings. The van der Waals surface area contributed by atoms with Crippen LogP contribution in [0.4, 0.5) is 4.79 Å². The molecule has 0 N–H and O–H groups in total. The summed E-state index contributed by atoms with van der Waals surface area (Å²) in [6.07, 6.45) is 27.1. The number of hydrogen-bond donors (Lipinski definition) is 0. The second-order valence-corrected chi connectivity index (χ2v) is 11.7. The highest BCUT2D eigenvalue weighted by molar-refractivity contribution is 5.67. The maximum atomic E-state index is 13.0. The topological polar surface area (TPSA) is 29.5 Å². The lowest BCUT2D eigenvalue weighted by Gasteiger charge is -2.34. The van der Waals surface area contributed by atoms with Gasteiger partial charge >= 0.3 is 6.09 Å². The Balaban J connectivity index is 4.27. The predicted octanol–water partition coefficient (Wildman–Crippen LogP) is 9.71. The van der Waals surface area contributed by atoms with Crippen LogP contribution in [0.3, 0.4) is 0 Å². The van der Waals surface area contributed by atoms with E-state index in [1.807, 2.05) is 4.90 Å². The van der Waals surface area contributed by atoms with Crippen molar-refractivity contribution in [1.82, 2.24) is 4.90 Å². The minimum Gasteiger partial charge on any atom is -0.396 e. The van der Waals surface area contributed by atoms with Crippen LogP contribution in [0.15, 0.2) is 0 Å². The fourth-order valence-electron chi connectivity index (χ4n) is 4.85. The summed E-state index contributed by atoms with van der Waals surface area (Å²) in [5.41, 5.74) is 0. The van der Waals surface area contributed by atoms with Crippen molar-refractivity contribution in [2.24, 2.45) is 0 Å². The van der Waals surface area contributed by atoms with Crippen molar-refractivity contribution in [1.29, 1.82) is 0 Å². The smallest absolute Gasteiger partial charge is 0.396 e. The first-order chi connectivity index (χ1) is 16.9. The molecule has 1 atom stereocenters. The number of ether oxygens (including phenoxy) is 1. The number of carbonyl (C=O) groups is 1. The number of rotatable bonds is 25. The number of nitrogens with zero attached hydrogens (tertiary/aromatic N) is 2. The third-order valence-corrected chi connectivity index (χ3v) is 7.27. The van der Waals surface area contributed by atoms with E-state index < -0.39 is 0 Å². The lowest BCUT2D eigenvalue weighted by Crippen LogP contribution is -2.49. The first-order valence-electron chi connectivity index (χ1n) is 15.6. The van der Waals surface area contributed by atoms with Gasteiger partial charge in [-0.1, -0.05) is 136 Å². The van der Waals surface area contributed by atoms with E-state index >= 15 is 0 Å². The van der Waals surface area contributed by atoms with E-state index in [2.05, 4.69) is 41.9 Å². The summed E-state index contributed by atoms with van der Waals surface area (Å²) in [5, 5.41) is 0. The summed E-state index contributed by atoms with van der Waals surface area (Å²) in [6.45, 7) is 8.36. The Kier molecular flexibility index (Phi) is 23.1. The zero-order chi connectivity index (χ0) is 26.2. The van der Waals surface area contributed by atoms with E-state index in [9.17, 15) is 4.79 Å². The van der Waals surface area contributed by atoms with Gasteiger partial charge in [0.15, 0.2) is 0 Å². The second-order valence-electron chi connectivity index (χ2n) is 11.7. The molecule has 0 aromatic heterocycles. The molecule has 0 saturated heterocycles. The highest BCUT2D eigenvalue weighted by Crippen LogP contribution is 2.15. The summed E-state index contributed by atoms with van der Waals surface area (Å²) in [6, 6.07) is 0. The van der Waals surface area contributed by atoms with Crippen molar-refractivity contribution in [3.63, 3.8) is 0 Å². The lowest BCUT2D eigenvalue weighted by atomic mass is 10.1. The zero-order valence-corrected chi connectivity index (χ0v) is 25.1. The van der Waals surface area contributed by atoms with Gasteiger partial charge in [-0.2, -0.15) is 0 Å². The van der Waals surface area contributed by atoms with E-state index in [0.29, 0.717) is 4.48 Å². The van der Waals surface area contributed by atoms with E-state index in [4.69, 9.17) is 4.74 Å². The first-order valence-corrected chi connectivity index (χ1v) is 15.6. The van der Waals surface area contributed by atoms with Crippen LogP contribution in [0.1, 0.15) is 156 Å². The first kappa shape index (κ1) is 34.2. The monoisotopic (exact) mass is 498 g/mol. The molecule has 0 aromatic rings. The van der Waals surface area contributed by atoms with Gasteiger partial charge in [-0.05, 0) is 12.8 Å². The Bertz CT molecular complexity index is 437. The molecular weight excluding hydrogens is 432 g/mol.